The molecular formula is C40H48IN5O5. The molecule has 1 amide bonds. The number of hydrazone groups is 1. The minimum Gasteiger partial charge on any atom is -0.497 e. The molecule has 0 spiro atoms. The van der Waals surface area contributed by atoms with Gasteiger partial charge >= 0.3 is 6.09 Å². The molecule has 10 nitrogen and oxygen atoms in total. The smallest absolute Gasteiger partial charge is 0.410 e. The monoisotopic (exact) mass is 805 g/mol. The Morgan fingerprint density at radius 1 is 1.00 bits per heavy atom. The van der Waals surface area contributed by atoms with Gasteiger partial charge in [0.25, 0.3) is 0 Å². The van der Waals surface area contributed by atoms with Gasteiger partial charge in [0, 0.05) is 43.5 Å². The fourth-order valence-electron chi connectivity index (χ4n) is 6.97. The van der Waals surface area contributed by atoms with Gasteiger partial charge in [-0.05, 0) is 123 Å². The molecule has 3 aromatic rings. The summed E-state index contributed by atoms with van der Waals surface area (Å²) in [4.78, 5) is 19.8. The predicted molar refractivity (Wildman–Crippen MR) is 209 cm³/mol. The third-order valence-electron chi connectivity index (χ3n) is 9.35. The van der Waals surface area contributed by atoms with E-state index in [1.807, 2.05) is 92.5 Å². The number of nitrogens with zero attached hydrogens (tertiary/aromatic N) is 4. The summed E-state index contributed by atoms with van der Waals surface area (Å²) < 4.78 is 24.0. The molecule has 11 heteroatoms. The van der Waals surface area contributed by atoms with Crippen LogP contribution in [0.4, 0.5) is 4.79 Å². The van der Waals surface area contributed by atoms with Gasteiger partial charge in [0.1, 0.15) is 34.8 Å². The molecule has 3 aliphatic heterocycles. The fraction of sp³-hybridized carbons (Fsp3) is 0.425. The van der Waals surface area contributed by atoms with Gasteiger partial charge < -0.3 is 23.8 Å². The van der Waals surface area contributed by atoms with Crippen LogP contribution in [-0.4, -0.2) is 73.0 Å². The summed E-state index contributed by atoms with van der Waals surface area (Å²) in [7, 11) is 3.32. The van der Waals surface area contributed by atoms with E-state index in [2.05, 4.69) is 52.0 Å². The number of allylic oxidation sites excluding steroid dienone is 1. The molecule has 0 aliphatic carbocycles. The zero-order valence-electron chi connectivity index (χ0n) is 30.3. The number of likely N-dealkylation sites (tertiary alicyclic amines) is 1. The standard InChI is InChI=1S/C40H48IN5O5/c1-26(21-27-11-10-20-45(25-27)39(47)51-40(2,3)4)46-37-33(41)24-43-38(42-23-29-16-19-32(48-5)22-34(29)49-6)35(37)36(44-46)28-14-17-31(18-15-28)50-30-12-8-7-9-13-30/h7-9,12-19,22,24,26-27,35,38,42H,10-11,20-21,23,25H2,1-6H3/t26-,27+,35?,38?/m1/s1. The number of benzene rings is 3. The first-order valence-corrected chi connectivity index (χ1v) is 18.7. The van der Waals surface area contributed by atoms with Crippen LogP contribution in [0.2, 0.25) is 0 Å². The Bertz CT molecular complexity index is 1770. The SMILES string of the molecule is COc1ccc(CNC2N=CC(I)=C3C2C(c2ccc(Oc4ccccc4)cc2)=NN3[C@H](C)C[C@@H]2CCCN(C(=O)OC(C)(C)C)C2)c(OC)c1. The highest BCUT2D eigenvalue weighted by Crippen LogP contribution is 2.41. The maximum absolute atomic E-state index is 12.9. The molecule has 1 saturated heterocycles. The lowest BCUT2D eigenvalue weighted by atomic mass is 9.88. The van der Waals surface area contributed by atoms with Crippen molar-refractivity contribution in [3.8, 4) is 23.0 Å². The molecular weight excluding hydrogens is 757 g/mol. The quantitative estimate of drug-likeness (QED) is 0.195. The third kappa shape index (κ3) is 8.86. The maximum atomic E-state index is 12.9. The number of carbonyl (C=O) groups excluding carboxylic acids is 1. The van der Waals surface area contributed by atoms with Crippen molar-refractivity contribution in [1.82, 2.24) is 15.2 Å². The molecule has 3 aromatic carbocycles. The number of methoxy groups -OCH3 is 2. The first-order chi connectivity index (χ1) is 24.5. The average Bonchev–Trinajstić information content (AvgIpc) is 3.53. The van der Waals surface area contributed by atoms with E-state index in [4.69, 9.17) is 29.0 Å². The molecule has 270 valence electrons. The summed E-state index contributed by atoms with van der Waals surface area (Å²) in [5, 5.41) is 11.3. The second-order valence-electron chi connectivity index (χ2n) is 14.3. The van der Waals surface area contributed by atoms with Gasteiger partial charge in [-0.3, -0.25) is 15.3 Å². The lowest BCUT2D eigenvalue weighted by molar-refractivity contribution is 0.0149. The molecule has 0 radical (unpaired) electrons. The van der Waals surface area contributed by atoms with Crippen molar-refractivity contribution < 1.29 is 23.7 Å². The van der Waals surface area contributed by atoms with Crippen LogP contribution in [0, 0.1) is 11.8 Å². The van der Waals surface area contributed by atoms with Gasteiger partial charge in [0.05, 0.1) is 35.1 Å². The van der Waals surface area contributed by atoms with Gasteiger partial charge in [0.15, 0.2) is 0 Å². The first-order valence-electron chi connectivity index (χ1n) is 17.6. The van der Waals surface area contributed by atoms with Gasteiger partial charge in [-0.2, -0.15) is 5.10 Å². The number of fused-ring (bicyclic) bond motifs is 1. The third-order valence-corrected chi connectivity index (χ3v) is 10.2. The highest BCUT2D eigenvalue weighted by Gasteiger charge is 2.44. The van der Waals surface area contributed by atoms with Crippen molar-refractivity contribution in [2.24, 2.45) is 21.9 Å². The Labute approximate surface area is 315 Å². The Kier molecular flexibility index (Phi) is 11.6. The number of amides is 1. The van der Waals surface area contributed by atoms with Crippen LogP contribution in [0.3, 0.4) is 0 Å². The summed E-state index contributed by atoms with van der Waals surface area (Å²) in [5.41, 5.74) is 3.59. The molecule has 2 unspecified atom stereocenters. The van der Waals surface area contributed by atoms with Crippen molar-refractivity contribution in [2.75, 3.05) is 27.3 Å². The molecule has 4 atom stereocenters. The zero-order valence-corrected chi connectivity index (χ0v) is 32.4. The molecule has 1 fully saturated rings. The minimum absolute atomic E-state index is 0.0860. The second-order valence-corrected chi connectivity index (χ2v) is 15.4. The van der Waals surface area contributed by atoms with Crippen LogP contribution in [0.5, 0.6) is 23.0 Å². The Morgan fingerprint density at radius 2 is 1.73 bits per heavy atom. The van der Waals surface area contributed by atoms with Crippen molar-refractivity contribution in [2.45, 2.75) is 71.3 Å². The van der Waals surface area contributed by atoms with Crippen LogP contribution in [0.15, 0.2) is 92.2 Å². The number of dihydropyridines is 1. The van der Waals surface area contributed by atoms with Gasteiger partial charge in [-0.1, -0.05) is 24.3 Å². The molecule has 0 bridgehead atoms. The first kappa shape index (κ1) is 36.7. The summed E-state index contributed by atoms with van der Waals surface area (Å²) in [6, 6.07) is 23.9. The van der Waals surface area contributed by atoms with E-state index in [1.54, 1.807) is 14.2 Å². The van der Waals surface area contributed by atoms with Crippen molar-refractivity contribution in [3.05, 3.63) is 93.2 Å². The van der Waals surface area contributed by atoms with Gasteiger partial charge in [0.2, 0.25) is 0 Å². The van der Waals surface area contributed by atoms with Crippen LogP contribution in [-0.2, 0) is 11.3 Å². The van der Waals surface area contributed by atoms with Crippen molar-refractivity contribution in [1.29, 1.82) is 0 Å². The molecule has 3 aliphatic rings. The summed E-state index contributed by atoms with van der Waals surface area (Å²) in [6.07, 6.45) is 4.36. The van der Waals surface area contributed by atoms with E-state index in [-0.39, 0.29) is 24.2 Å². The number of nitrogens with one attached hydrogen (secondary N) is 1. The molecule has 1 N–H and O–H groups in total. The number of carbonyl (C=O) groups is 1. The number of hydrogen-bond donors (Lipinski definition) is 1. The van der Waals surface area contributed by atoms with E-state index in [9.17, 15) is 4.79 Å². The number of ether oxygens (including phenoxy) is 4. The fourth-order valence-corrected chi connectivity index (χ4v) is 7.71. The summed E-state index contributed by atoms with van der Waals surface area (Å²) in [5.74, 6) is 3.25. The Morgan fingerprint density at radius 3 is 2.43 bits per heavy atom. The Balaban J connectivity index is 1.26. The van der Waals surface area contributed by atoms with Crippen LogP contribution in [0.25, 0.3) is 0 Å². The number of para-hydroxylation sites is 1. The van der Waals surface area contributed by atoms with Crippen molar-refractivity contribution in [3.63, 3.8) is 0 Å². The molecule has 3 heterocycles. The minimum atomic E-state index is -0.520. The lowest BCUT2D eigenvalue weighted by Crippen LogP contribution is -2.44. The van der Waals surface area contributed by atoms with E-state index in [0.29, 0.717) is 19.0 Å². The lowest BCUT2D eigenvalue weighted by Gasteiger charge is -2.37. The number of rotatable bonds is 11. The van der Waals surface area contributed by atoms with Gasteiger partial charge in [-0.25, -0.2) is 4.79 Å². The van der Waals surface area contributed by atoms with Crippen LogP contribution in [0.1, 0.15) is 58.1 Å². The predicted octanol–water partition coefficient (Wildman–Crippen LogP) is 8.40. The topological polar surface area (TPSA) is 97.2 Å². The Hall–Kier alpha value is -4.10. The molecule has 6 rings (SSSR count). The number of hydrogen-bond acceptors (Lipinski definition) is 9. The maximum Gasteiger partial charge on any atom is 0.410 e. The zero-order chi connectivity index (χ0) is 36.1. The molecule has 0 saturated carbocycles. The second kappa shape index (κ2) is 16.1. The highest BCUT2D eigenvalue weighted by molar-refractivity contribution is 14.1. The van der Waals surface area contributed by atoms with E-state index >= 15 is 0 Å². The normalized spacial score (nSPS) is 20.8. The number of aliphatic imine (C=N–C) groups is 1. The van der Waals surface area contributed by atoms with E-state index in [0.717, 1.165) is 74.9 Å². The van der Waals surface area contributed by atoms with E-state index in [1.165, 1.54) is 0 Å². The summed E-state index contributed by atoms with van der Waals surface area (Å²) in [6.45, 7) is 9.93. The van der Waals surface area contributed by atoms with E-state index < -0.39 is 5.60 Å². The van der Waals surface area contributed by atoms with Gasteiger partial charge in [-0.15, -0.1) is 0 Å². The van der Waals surface area contributed by atoms with Crippen molar-refractivity contribution >= 4 is 40.6 Å². The average molecular weight is 806 g/mol. The molecule has 51 heavy (non-hydrogen) atoms. The van der Waals surface area contributed by atoms with Crippen LogP contribution >= 0.6 is 22.6 Å². The number of piperidine rings is 1. The number of halogens is 1. The summed E-state index contributed by atoms with van der Waals surface area (Å²) >= 11 is 2.40. The van der Waals surface area contributed by atoms with Crippen LogP contribution < -0.4 is 19.5 Å². The highest BCUT2D eigenvalue weighted by atomic mass is 127. The largest absolute Gasteiger partial charge is 0.497 e. The molecule has 0 aromatic heterocycles.